The molecule has 3 rings (SSSR count). The Kier molecular flexibility index (Phi) is 2.88. The lowest BCUT2D eigenvalue weighted by atomic mass is 10.1. The lowest BCUT2D eigenvalue weighted by molar-refractivity contribution is -0.121. The molecule has 0 unspecified atom stereocenters. The highest BCUT2D eigenvalue weighted by molar-refractivity contribution is 5.78. The van der Waals surface area contributed by atoms with E-state index < -0.39 is 0 Å². The zero-order chi connectivity index (χ0) is 13.4. The summed E-state index contributed by atoms with van der Waals surface area (Å²) < 4.78 is 0. The summed E-state index contributed by atoms with van der Waals surface area (Å²) in [6, 6.07) is 0. The summed E-state index contributed by atoms with van der Waals surface area (Å²) >= 11 is 0. The van der Waals surface area contributed by atoms with Crippen molar-refractivity contribution in [3.8, 4) is 0 Å². The van der Waals surface area contributed by atoms with Crippen molar-refractivity contribution in [1.82, 2.24) is 9.97 Å². The molecule has 19 heavy (non-hydrogen) atoms. The van der Waals surface area contributed by atoms with Gasteiger partial charge in [0.15, 0.2) is 0 Å². The first-order valence-corrected chi connectivity index (χ1v) is 6.59. The van der Waals surface area contributed by atoms with Crippen molar-refractivity contribution in [2.45, 2.75) is 19.3 Å². The minimum Gasteiger partial charge on any atom is -0.370 e. The first-order chi connectivity index (χ1) is 9.15. The van der Waals surface area contributed by atoms with Crippen LogP contribution in [0.15, 0.2) is 0 Å². The molecule has 0 aromatic carbocycles. The second-order valence-electron chi connectivity index (χ2n) is 5.10. The summed E-state index contributed by atoms with van der Waals surface area (Å²) in [5.41, 5.74) is 12.2. The summed E-state index contributed by atoms with van der Waals surface area (Å²) in [5.74, 6) is 1.63. The minimum atomic E-state index is -0.239. The number of nitrogen functional groups attached to an aromatic ring is 1. The fourth-order valence-electron chi connectivity index (χ4n) is 2.78. The van der Waals surface area contributed by atoms with Crippen LogP contribution >= 0.6 is 0 Å². The molecule has 102 valence electrons. The molecule has 3 heterocycles. The van der Waals surface area contributed by atoms with Gasteiger partial charge in [-0.15, -0.1) is 0 Å². The summed E-state index contributed by atoms with van der Waals surface area (Å²) in [6.07, 6.45) is 2.78. The molecule has 1 saturated heterocycles. The van der Waals surface area contributed by atoms with Gasteiger partial charge in [-0.25, -0.2) is 0 Å². The van der Waals surface area contributed by atoms with E-state index in [0.717, 1.165) is 49.6 Å². The maximum atomic E-state index is 11.3. The van der Waals surface area contributed by atoms with Gasteiger partial charge in [0, 0.05) is 25.2 Å². The number of rotatable bonds is 2. The predicted octanol–water partition coefficient (Wildman–Crippen LogP) is -0.271. The van der Waals surface area contributed by atoms with E-state index in [9.17, 15) is 4.79 Å². The monoisotopic (exact) mass is 262 g/mol. The average molecular weight is 262 g/mol. The van der Waals surface area contributed by atoms with Crippen LogP contribution < -0.4 is 21.7 Å². The SMILES string of the molecule is NC(=O)[C@@H]1CCN(c2nc(N)nc3c2CCCN3)C1. The van der Waals surface area contributed by atoms with E-state index in [1.165, 1.54) is 0 Å². The zero-order valence-corrected chi connectivity index (χ0v) is 10.7. The second kappa shape index (κ2) is 4.56. The van der Waals surface area contributed by atoms with E-state index in [0.29, 0.717) is 6.54 Å². The van der Waals surface area contributed by atoms with Crippen molar-refractivity contribution in [3.63, 3.8) is 0 Å². The van der Waals surface area contributed by atoms with Crippen LogP contribution in [0.25, 0.3) is 0 Å². The van der Waals surface area contributed by atoms with Gasteiger partial charge in [0.25, 0.3) is 0 Å². The highest BCUT2D eigenvalue weighted by Crippen LogP contribution is 2.32. The Morgan fingerprint density at radius 3 is 3.00 bits per heavy atom. The molecule has 0 saturated carbocycles. The largest absolute Gasteiger partial charge is 0.370 e. The molecule has 5 N–H and O–H groups in total. The number of amides is 1. The fourth-order valence-corrected chi connectivity index (χ4v) is 2.78. The van der Waals surface area contributed by atoms with Gasteiger partial charge in [0.05, 0.1) is 5.92 Å². The van der Waals surface area contributed by atoms with Gasteiger partial charge in [-0.3, -0.25) is 4.79 Å². The molecule has 0 spiro atoms. The molecule has 2 aliphatic rings. The molecular weight excluding hydrogens is 244 g/mol. The number of fused-ring (bicyclic) bond motifs is 1. The number of carbonyl (C=O) groups is 1. The Morgan fingerprint density at radius 1 is 1.42 bits per heavy atom. The molecule has 2 aliphatic heterocycles. The molecule has 1 amide bonds. The van der Waals surface area contributed by atoms with E-state index in [4.69, 9.17) is 11.5 Å². The average Bonchev–Trinajstić information content (AvgIpc) is 2.87. The lowest BCUT2D eigenvalue weighted by Crippen LogP contribution is -2.29. The molecule has 1 fully saturated rings. The third-order valence-corrected chi connectivity index (χ3v) is 3.79. The van der Waals surface area contributed by atoms with Crippen LogP contribution in [0.2, 0.25) is 0 Å². The maximum Gasteiger partial charge on any atom is 0.223 e. The van der Waals surface area contributed by atoms with Crippen LogP contribution in [0.5, 0.6) is 0 Å². The number of hydrogen-bond donors (Lipinski definition) is 3. The van der Waals surface area contributed by atoms with Crippen molar-refractivity contribution >= 4 is 23.5 Å². The third-order valence-electron chi connectivity index (χ3n) is 3.79. The number of carbonyl (C=O) groups excluding carboxylic acids is 1. The van der Waals surface area contributed by atoms with Crippen LogP contribution in [0.4, 0.5) is 17.6 Å². The van der Waals surface area contributed by atoms with Gasteiger partial charge in [0.1, 0.15) is 11.6 Å². The normalized spacial score (nSPS) is 21.9. The third kappa shape index (κ3) is 2.16. The Bertz CT molecular complexity index is 517. The fraction of sp³-hybridized carbons (Fsp3) is 0.583. The number of nitrogens with two attached hydrogens (primary N) is 2. The molecule has 0 bridgehead atoms. The smallest absolute Gasteiger partial charge is 0.223 e. The molecule has 1 aromatic rings. The summed E-state index contributed by atoms with van der Waals surface area (Å²) in [4.78, 5) is 22.0. The second-order valence-corrected chi connectivity index (χ2v) is 5.10. The van der Waals surface area contributed by atoms with Gasteiger partial charge in [-0.1, -0.05) is 0 Å². The number of anilines is 3. The maximum absolute atomic E-state index is 11.3. The van der Waals surface area contributed by atoms with Crippen LogP contribution in [0.3, 0.4) is 0 Å². The predicted molar refractivity (Wildman–Crippen MR) is 72.8 cm³/mol. The van der Waals surface area contributed by atoms with Crippen molar-refractivity contribution < 1.29 is 4.79 Å². The Labute approximate surface area is 111 Å². The van der Waals surface area contributed by atoms with E-state index in [1.807, 2.05) is 0 Å². The van der Waals surface area contributed by atoms with Crippen LogP contribution in [-0.2, 0) is 11.2 Å². The van der Waals surface area contributed by atoms with Gasteiger partial charge >= 0.3 is 0 Å². The van der Waals surface area contributed by atoms with Gasteiger partial charge in [0.2, 0.25) is 11.9 Å². The van der Waals surface area contributed by atoms with E-state index >= 15 is 0 Å². The summed E-state index contributed by atoms with van der Waals surface area (Å²) in [6.45, 7) is 2.32. The Hall–Kier alpha value is -2.05. The molecule has 7 nitrogen and oxygen atoms in total. The quantitative estimate of drug-likeness (QED) is 0.676. The number of aromatic nitrogens is 2. The zero-order valence-electron chi connectivity index (χ0n) is 10.7. The Morgan fingerprint density at radius 2 is 2.26 bits per heavy atom. The number of nitrogens with zero attached hydrogens (tertiary/aromatic N) is 3. The van der Waals surface area contributed by atoms with Crippen molar-refractivity contribution in [3.05, 3.63) is 5.56 Å². The first kappa shape index (κ1) is 12.0. The van der Waals surface area contributed by atoms with Gasteiger partial charge in [-0.05, 0) is 19.3 Å². The highest BCUT2D eigenvalue weighted by Gasteiger charge is 2.30. The van der Waals surface area contributed by atoms with Crippen molar-refractivity contribution in [2.75, 3.05) is 35.6 Å². The number of hydrogen-bond acceptors (Lipinski definition) is 6. The van der Waals surface area contributed by atoms with Crippen LogP contribution in [-0.4, -0.2) is 35.5 Å². The van der Waals surface area contributed by atoms with Gasteiger partial charge in [-0.2, -0.15) is 9.97 Å². The molecule has 7 heteroatoms. The number of primary amides is 1. The molecular formula is C12H18N6O. The van der Waals surface area contributed by atoms with Gasteiger partial charge < -0.3 is 21.7 Å². The van der Waals surface area contributed by atoms with E-state index in [2.05, 4.69) is 20.2 Å². The van der Waals surface area contributed by atoms with E-state index in [-0.39, 0.29) is 17.8 Å². The number of nitrogens with one attached hydrogen (secondary N) is 1. The topological polar surface area (TPSA) is 110 Å². The molecule has 1 aromatic heterocycles. The summed E-state index contributed by atoms with van der Waals surface area (Å²) in [7, 11) is 0. The minimum absolute atomic E-state index is 0.0941. The molecule has 1 atom stereocenters. The lowest BCUT2D eigenvalue weighted by Gasteiger charge is -2.25. The standard InChI is InChI=1S/C12H18N6O/c13-9(19)7-3-5-18(6-7)11-8-2-1-4-15-10(8)16-12(14)17-11/h7H,1-6H2,(H2,13,19)(H3,14,15,16,17)/t7-/m1/s1. The highest BCUT2D eigenvalue weighted by atomic mass is 16.1. The Balaban J connectivity index is 1.92. The molecule has 0 radical (unpaired) electrons. The van der Waals surface area contributed by atoms with Crippen LogP contribution in [0.1, 0.15) is 18.4 Å². The summed E-state index contributed by atoms with van der Waals surface area (Å²) in [5, 5.41) is 3.25. The van der Waals surface area contributed by atoms with E-state index in [1.54, 1.807) is 0 Å². The van der Waals surface area contributed by atoms with Crippen molar-refractivity contribution in [1.29, 1.82) is 0 Å². The van der Waals surface area contributed by atoms with Crippen molar-refractivity contribution in [2.24, 2.45) is 11.7 Å². The van der Waals surface area contributed by atoms with Crippen LogP contribution in [0, 0.1) is 5.92 Å². The molecule has 0 aliphatic carbocycles. The first-order valence-electron chi connectivity index (χ1n) is 6.59.